The molecule has 0 saturated carbocycles. The van der Waals surface area contributed by atoms with Gasteiger partial charge < -0.3 is 4.90 Å². The number of nitrogens with one attached hydrogen (secondary N) is 1. The molecule has 1 aliphatic heterocycles. The summed E-state index contributed by atoms with van der Waals surface area (Å²) in [7, 11) is 0.143. The summed E-state index contributed by atoms with van der Waals surface area (Å²) in [6.07, 6.45) is 0.916. The predicted molar refractivity (Wildman–Crippen MR) is 126 cm³/mol. The summed E-state index contributed by atoms with van der Waals surface area (Å²) >= 11 is 0. The Bertz CT molecular complexity index is 1180. The Morgan fingerprint density at radius 3 is 2.41 bits per heavy atom. The van der Waals surface area contributed by atoms with Gasteiger partial charge in [-0.1, -0.05) is 42.5 Å². The van der Waals surface area contributed by atoms with Gasteiger partial charge in [-0.2, -0.15) is 0 Å². The van der Waals surface area contributed by atoms with Gasteiger partial charge >= 0.3 is 0 Å². The van der Waals surface area contributed by atoms with Crippen molar-refractivity contribution in [2.75, 3.05) is 32.1 Å². The van der Waals surface area contributed by atoms with Gasteiger partial charge in [-0.25, -0.2) is 17.5 Å². The summed E-state index contributed by atoms with van der Waals surface area (Å²) in [6, 6.07) is 21.5. The SMILES string of the molecule is CN(C)c1ccc([C@@H](CNS(=O)(=O)c2cccc(F)c2)N2CCc3ccccc3C2)cc1. The van der Waals surface area contributed by atoms with Crippen LogP contribution in [0.25, 0.3) is 0 Å². The minimum Gasteiger partial charge on any atom is -0.378 e. The van der Waals surface area contributed by atoms with Crippen LogP contribution in [-0.4, -0.2) is 40.5 Å². The molecule has 3 aromatic rings. The van der Waals surface area contributed by atoms with E-state index in [1.807, 2.05) is 37.2 Å². The fraction of sp³-hybridized carbons (Fsp3) is 0.280. The van der Waals surface area contributed by atoms with Crippen molar-refractivity contribution >= 4 is 15.7 Å². The van der Waals surface area contributed by atoms with Gasteiger partial charge in [-0.05, 0) is 53.4 Å². The zero-order valence-electron chi connectivity index (χ0n) is 18.3. The highest BCUT2D eigenvalue weighted by atomic mass is 32.2. The molecule has 7 heteroatoms. The number of benzene rings is 3. The third-order valence-corrected chi connectivity index (χ3v) is 7.39. The maximum Gasteiger partial charge on any atom is 0.240 e. The quantitative estimate of drug-likeness (QED) is 0.588. The summed E-state index contributed by atoms with van der Waals surface area (Å²) in [5, 5.41) is 0. The summed E-state index contributed by atoms with van der Waals surface area (Å²) in [5.41, 5.74) is 4.72. The van der Waals surface area contributed by atoms with Gasteiger partial charge in [0.15, 0.2) is 0 Å². The van der Waals surface area contributed by atoms with E-state index in [1.54, 1.807) is 0 Å². The molecule has 5 nitrogen and oxygen atoms in total. The first-order valence-corrected chi connectivity index (χ1v) is 12.2. The van der Waals surface area contributed by atoms with Crippen LogP contribution in [0.2, 0.25) is 0 Å². The largest absolute Gasteiger partial charge is 0.378 e. The van der Waals surface area contributed by atoms with E-state index < -0.39 is 15.8 Å². The second-order valence-corrected chi connectivity index (χ2v) is 10.1. The average molecular weight is 454 g/mol. The maximum atomic E-state index is 13.6. The minimum atomic E-state index is -3.83. The Morgan fingerprint density at radius 2 is 1.72 bits per heavy atom. The van der Waals surface area contributed by atoms with Crippen LogP contribution in [0.5, 0.6) is 0 Å². The highest BCUT2D eigenvalue weighted by molar-refractivity contribution is 7.89. The van der Waals surface area contributed by atoms with E-state index >= 15 is 0 Å². The Balaban J connectivity index is 1.60. The van der Waals surface area contributed by atoms with Crippen LogP contribution in [0.15, 0.2) is 77.7 Å². The molecule has 0 aliphatic carbocycles. The van der Waals surface area contributed by atoms with Gasteiger partial charge in [-0.3, -0.25) is 4.90 Å². The third kappa shape index (κ3) is 5.01. The number of nitrogens with zero attached hydrogens (tertiary/aromatic N) is 2. The van der Waals surface area contributed by atoms with Crippen molar-refractivity contribution in [2.45, 2.75) is 23.9 Å². The van der Waals surface area contributed by atoms with Crippen LogP contribution in [0, 0.1) is 5.82 Å². The van der Waals surface area contributed by atoms with E-state index in [0.717, 1.165) is 36.8 Å². The number of hydrogen-bond donors (Lipinski definition) is 1. The van der Waals surface area contributed by atoms with Crippen molar-refractivity contribution in [1.29, 1.82) is 0 Å². The molecule has 1 heterocycles. The molecular formula is C25H28FN3O2S. The minimum absolute atomic E-state index is 0.0665. The lowest BCUT2D eigenvalue weighted by atomic mass is 9.96. The topological polar surface area (TPSA) is 52.7 Å². The monoisotopic (exact) mass is 453 g/mol. The lowest BCUT2D eigenvalue weighted by Gasteiger charge is -2.36. The van der Waals surface area contributed by atoms with E-state index in [-0.39, 0.29) is 17.5 Å². The first-order chi connectivity index (χ1) is 15.3. The Kier molecular flexibility index (Phi) is 6.60. The third-order valence-electron chi connectivity index (χ3n) is 5.97. The van der Waals surface area contributed by atoms with Crippen LogP contribution in [0.3, 0.4) is 0 Å². The van der Waals surface area contributed by atoms with E-state index in [0.29, 0.717) is 0 Å². The average Bonchev–Trinajstić information content (AvgIpc) is 2.79. The molecule has 3 aromatic carbocycles. The van der Waals surface area contributed by atoms with Crippen molar-refractivity contribution in [3.63, 3.8) is 0 Å². The van der Waals surface area contributed by atoms with Crippen LogP contribution in [-0.2, 0) is 23.0 Å². The summed E-state index contributed by atoms with van der Waals surface area (Å²) in [5.74, 6) is -0.573. The Labute approximate surface area is 189 Å². The smallest absolute Gasteiger partial charge is 0.240 e. The van der Waals surface area contributed by atoms with Gasteiger partial charge in [0, 0.05) is 45.5 Å². The van der Waals surface area contributed by atoms with Gasteiger partial charge in [0.05, 0.1) is 4.90 Å². The second kappa shape index (κ2) is 9.40. The molecule has 0 bridgehead atoms. The lowest BCUT2D eigenvalue weighted by Crippen LogP contribution is -2.40. The number of halogens is 1. The van der Waals surface area contributed by atoms with Crippen molar-refractivity contribution < 1.29 is 12.8 Å². The van der Waals surface area contributed by atoms with Crippen molar-refractivity contribution in [2.24, 2.45) is 0 Å². The summed E-state index contributed by atoms with van der Waals surface area (Å²) in [6.45, 7) is 1.78. The lowest BCUT2D eigenvalue weighted by molar-refractivity contribution is 0.180. The number of fused-ring (bicyclic) bond motifs is 1. The summed E-state index contributed by atoms with van der Waals surface area (Å²) < 4.78 is 42.0. The molecule has 0 spiro atoms. The molecule has 0 saturated heterocycles. The Hall–Kier alpha value is -2.74. The van der Waals surface area contributed by atoms with E-state index in [4.69, 9.17) is 0 Å². The van der Waals surface area contributed by atoms with Crippen molar-refractivity contribution in [1.82, 2.24) is 9.62 Å². The van der Waals surface area contributed by atoms with E-state index in [9.17, 15) is 12.8 Å². The molecule has 1 N–H and O–H groups in total. The van der Waals surface area contributed by atoms with Crippen LogP contribution < -0.4 is 9.62 Å². The normalized spacial score (nSPS) is 15.2. The maximum absolute atomic E-state index is 13.6. The highest BCUT2D eigenvalue weighted by Crippen LogP contribution is 2.29. The second-order valence-electron chi connectivity index (χ2n) is 8.30. The van der Waals surface area contributed by atoms with Gasteiger partial charge in [-0.15, -0.1) is 0 Å². The molecule has 168 valence electrons. The first kappa shape index (κ1) is 22.5. The van der Waals surface area contributed by atoms with Crippen LogP contribution in [0.4, 0.5) is 10.1 Å². The van der Waals surface area contributed by atoms with Gasteiger partial charge in [0.2, 0.25) is 10.0 Å². The molecule has 0 aromatic heterocycles. The highest BCUT2D eigenvalue weighted by Gasteiger charge is 2.27. The zero-order valence-corrected chi connectivity index (χ0v) is 19.1. The number of hydrogen-bond acceptors (Lipinski definition) is 4. The van der Waals surface area contributed by atoms with Crippen LogP contribution >= 0.6 is 0 Å². The molecule has 1 aliphatic rings. The molecule has 0 amide bonds. The molecule has 32 heavy (non-hydrogen) atoms. The molecule has 0 unspecified atom stereocenters. The molecule has 1 atom stereocenters. The Morgan fingerprint density at radius 1 is 1.00 bits per heavy atom. The van der Waals surface area contributed by atoms with Crippen LogP contribution in [0.1, 0.15) is 22.7 Å². The summed E-state index contributed by atoms with van der Waals surface area (Å²) in [4.78, 5) is 4.27. The number of sulfonamides is 1. The molecule has 4 rings (SSSR count). The molecule has 0 radical (unpaired) electrons. The number of rotatable bonds is 7. The fourth-order valence-corrected chi connectivity index (χ4v) is 5.21. The van der Waals surface area contributed by atoms with E-state index in [1.165, 1.54) is 29.3 Å². The molecule has 0 fully saturated rings. The van der Waals surface area contributed by atoms with Crippen molar-refractivity contribution in [3.8, 4) is 0 Å². The first-order valence-electron chi connectivity index (χ1n) is 10.7. The standard InChI is InChI=1S/C25H28FN3O2S/c1-28(2)23-12-10-20(11-13-23)25(29-15-14-19-6-3-4-7-21(19)18-29)17-27-32(30,31)24-9-5-8-22(26)16-24/h3-13,16,25,27H,14-15,17-18H2,1-2H3/t25-/m1/s1. The zero-order chi connectivity index (χ0) is 22.7. The van der Waals surface area contributed by atoms with Crippen molar-refractivity contribution in [3.05, 3.63) is 95.3 Å². The van der Waals surface area contributed by atoms with E-state index in [2.05, 4.69) is 40.0 Å². The number of anilines is 1. The van der Waals surface area contributed by atoms with Gasteiger partial charge in [0.1, 0.15) is 5.82 Å². The molecular weight excluding hydrogens is 425 g/mol. The fourth-order valence-electron chi connectivity index (χ4n) is 4.14. The predicted octanol–water partition coefficient (Wildman–Crippen LogP) is 3.97. The van der Waals surface area contributed by atoms with Gasteiger partial charge in [0.25, 0.3) is 0 Å².